The predicted octanol–water partition coefficient (Wildman–Crippen LogP) is 3.03. The van der Waals surface area contributed by atoms with Crippen molar-refractivity contribution < 1.29 is 18.0 Å². The second-order valence-corrected chi connectivity index (χ2v) is 6.44. The highest BCUT2D eigenvalue weighted by Gasteiger charge is 2.42. The number of aromatic amines is 1. The molecule has 0 fully saturated rings. The SMILES string of the molecule is CCc1cc(C(=O)NC(CC(C)(C)C)C(F)(F)F)cc(=O)[nH]1. The molecule has 1 aromatic heterocycles. The van der Waals surface area contributed by atoms with Crippen LogP contribution in [0.4, 0.5) is 13.2 Å². The van der Waals surface area contributed by atoms with Crippen molar-refractivity contribution in [3.8, 4) is 0 Å². The van der Waals surface area contributed by atoms with Gasteiger partial charge in [-0.1, -0.05) is 27.7 Å². The fourth-order valence-electron chi connectivity index (χ4n) is 2.03. The van der Waals surface area contributed by atoms with E-state index in [2.05, 4.69) is 4.98 Å². The number of rotatable bonds is 4. The molecule has 1 heterocycles. The van der Waals surface area contributed by atoms with E-state index in [0.717, 1.165) is 6.07 Å². The van der Waals surface area contributed by atoms with Crippen molar-refractivity contribution >= 4 is 5.91 Å². The summed E-state index contributed by atoms with van der Waals surface area (Å²) < 4.78 is 39.2. The quantitative estimate of drug-likeness (QED) is 0.896. The maximum absolute atomic E-state index is 13.1. The molecule has 0 bridgehead atoms. The molecule has 0 aromatic carbocycles. The van der Waals surface area contributed by atoms with Crippen LogP contribution in [0.5, 0.6) is 0 Å². The fourth-order valence-corrected chi connectivity index (χ4v) is 2.03. The van der Waals surface area contributed by atoms with Crippen molar-refractivity contribution in [2.45, 2.75) is 52.8 Å². The van der Waals surface area contributed by atoms with Crippen LogP contribution < -0.4 is 10.9 Å². The molecule has 1 atom stereocenters. The Hall–Kier alpha value is -1.79. The van der Waals surface area contributed by atoms with Crippen molar-refractivity contribution in [3.63, 3.8) is 0 Å². The Bertz CT molecular complexity index is 586. The van der Waals surface area contributed by atoms with E-state index in [4.69, 9.17) is 0 Å². The smallest absolute Gasteiger partial charge is 0.340 e. The van der Waals surface area contributed by atoms with Crippen LogP contribution in [-0.4, -0.2) is 23.1 Å². The summed E-state index contributed by atoms with van der Waals surface area (Å²) in [4.78, 5) is 26.0. The van der Waals surface area contributed by atoms with Gasteiger partial charge >= 0.3 is 6.18 Å². The van der Waals surface area contributed by atoms with Gasteiger partial charge in [0.15, 0.2) is 0 Å². The summed E-state index contributed by atoms with van der Waals surface area (Å²) in [7, 11) is 0. The maximum Gasteiger partial charge on any atom is 0.408 e. The number of nitrogens with one attached hydrogen (secondary N) is 2. The van der Waals surface area contributed by atoms with Gasteiger partial charge < -0.3 is 10.3 Å². The third-order valence-corrected chi connectivity index (χ3v) is 3.06. The second-order valence-electron chi connectivity index (χ2n) is 6.44. The van der Waals surface area contributed by atoms with Crippen LogP contribution in [0.15, 0.2) is 16.9 Å². The Morgan fingerprint density at radius 2 is 1.86 bits per heavy atom. The molecule has 0 aliphatic carbocycles. The zero-order valence-electron chi connectivity index (χ0n) is 13.1. The summed E-state index contributed by atoms with van der Waals surface area (Å²) in [6.45, 7) is 6.77. The van der Waals surface area contributed by atoms with Gasteiger partial charge in [0.05, 0.1) is 0 Å². The minimum absolute atomic E-state index is 0.0660. The number of pyridine rings is 1. The van der Waals surface area contributed by atoms with E-state index in [1.165, 1.54) is 6.07 Å². The molecule has 0 radical (unpaired) electrons. The standard InChI is InChI=1S/C15H21F3N2O2/c1-5-10-6-9(7-12(21)19-10)13(22)20-11(15(16,17)18)8-14(2,3)4/h6-7,11H,5,8H2,1-4H3,(H,19,21)(H,20,22). The van der Waals surface area contributed by atoms with Gasteiger partial charge in [0.25, 0.3) is 5.91 Å². The van der Waals surface area contributed by atoms with Crippen molar-refractivity contribution in [1.82, 2.24) is 10.3 Å². The minimum Gasteiger partial charge on any atom is -0.340 e. The first-order chi connectivity index (χ1) is 9.92. The molecule has 0 aliphatic heterocycles. The van der Waals surface area contributed by atoms with E-state index in [9.17, 15) is 22.8 Å². The van der Waals surface area contributed by atoms with Gasteiger partial charge in [0.1, 0.15) is 6.04 Å². The highest BCUT2D eigenvalue weighted by atomic mass is 19.4. The summed E-state index contributed by atoms with van der Waals surface area (Å²) >= 11 is 0. The summed E-state index contributed by atoms with van der Waals surface area (Å²) in [5.74, 6) is -0.896. The van der Waals surface area contributed by atoms with Gasteiger partial charge in [-0.15, -0.1) is 0 Å². The van der Waals surface area contributed by atoms with Crippen LogP contribution in [-0.2, 0) is 6.42 Å². The topological polar surface area (TPSA) is 62.0 Å². The number of carbonyl (C=O) groups excluding carboxylic acids is 1. The van der Waals surface area contributed by atoms with Crippen molar-refractivity contribution in [3.05, 3.63) is 33.7 Å². The Labute approximate surface area is 127 Å². The Kier molecular flexibility index (Phi) is 5.43. The molecule has 1 unspecified atom stereocenters. The number of hydrogen-bond donors (Lipinski definition) is 2. The first-order valence-corrected chi connectivity index (χ1v) is 7.03. The zero-order chi connectivity index (χ0) is 17.1. The Morgan fingerprint density at radius 1 is 1.27 bits per heavy atom. The zero-order valence-corrected chi connectivity index (χ0v) is 13.1. The third kappa shape index (κ3) is 5.54. The first kappa shape index (κ1) is 18.3. The molecule has 1 aromatic rings. The number of carbonyl (C=O) groups is 1. The third-order valence-electron chi connectivity index (χ3n) is 3.06. The highest BCUT2D eigenvalue weighted by molar-refractivity contribution is 5.94. The van der Waals surface area contributed by atoms with Gasteiger partial charge in [-0.3, -0.25) is 9.59 Å². The second kappa shape index (κ2) is 6.54. The predicted molar refractivity (Wildman–Crippen MR) is 77.8 cm³/mol. The molecule has 124 valence electrons. The summed E-state index contributed by atoms with van der Waals surface area (Å²) in [6.07, 6.45) is -4.31. The lowest BCUT2D eigenvalue weighted by atomic mass is 9.87. The van der Waals surface area contributed by atoms with Gasteiger partial charge in [-0.2, -0.15) is 13.2 Å². The van der Waals surface area contributed by atoms with E-state index >= 15 is 0 Å². The van der Waals surface area contributed by atoms with Gasteiger partial charge in [0, 0.05) is 17.3 Å². The largest absolute Gasteiger partial charge is 0.408 e. The number of H-pyrrole nitrogens is 1. The fraction of sp³-hybridized carbons (Fsp3) is 0.600. The first-order valence-electron chi connectivity index (χ1n) is 7.03. The van der Waals surface area contributed by atoms with Gasteiger partial charge in [-0.25, -0.2) is 0 Å². The normalized spacial score (nSPS) is 13.8. The van der Waals surface area contributed by atoms with Crippen LogP contribution in [0.25, 0.3) is 0 Å². The van der Waals surface area contributed by atoms with Crippen molar-refractivity contribution in [2.24, 2.45) is 5.41 Å². The molecule has 22 heavy (non-hydrogen) atoms. The summed E-state index contributed by atoms with van der Waals surface area (Å²) in [5.41, 5.74) is -0.680. The van der Waals surface area contributed by atoms with Crippen LogP contribution in [0.1, 0.15) is 50.2 Å². The van der Waals surface area contributed by atoms with E-state index in [1.54, 1.807) is 27.7 Å². The molecule has 2 N–H and O–H groups in total. The molecule has 1 amide bonds. The lowest BCUT2D eigenvalue weighted by molar-refractivity contribution is -0.159. The van der Waals surface area contributed by atoms with E-state index < -0.39 is 29.1 Å². The van der Waals surface area contributed by atoms with Crippen LogP contribution >= 0.6 is 0 Å². The number of alkyl halides is 3. The average molecular weight is 318 g/mol. The van der Waals surface area contributed by atoms with Crippen LogP contribution in [0.3, 0.4) is 0 Å². The average Bonchev–Trinajstić information content (AvgIpc) is 2.34. The van der Waals surface area contributed by atoms with Crippen molar-refractivity contribution in [2.75, 3.05) is 0 Å². The maximum atomic E-state index is 13.1. The number of halogens is 3. The molecule has 4 nitrogen and oxygen atoms in total. The van der Waals surface area contributed by atoms with Crippen LogP contribution in [0, 0.1) is 5.41 Å². The van der Waals surface area contributed by atoms with Gasteiger partial charge in [0.2, 0.25) is 5.56 Å². The molecule has 0 spiro atoms. The molecule has 7 heteroatoms. The molecule has 0 saturated carbocycles. The number of hydrogen-bond acceptors (Lipinski definition) is 2. The number of amides is 1. The summed E-state index contributed by atoms with van der Waals surface area (Å²) in [6, 6.07) is 0.435. The number of aromatic nitrogens is 1. The Morgan fingerprint density at radius 3 is 2.32 bits per heavy atom. The summed E-state index contributed by atoms with van der Waals surface area (Å²) in [5, 5.41) is 1.99. The molecular formula is C15H21F3N2O2. The van der Waals surface area contributed by atoms with Crippen molar-refractivity contribution in [1.29, 1.82) is 0 Å². The van der Waals surface area contributed by atoms with Crippen LogP contribution in [0.2, 0.25) is 0 Å². The molecular weight excluding hydrogens is 297 g/mol. The van der Waals surface area contributed by atoms with E-state index in [1.807, 2.05) is 5.32 Å². The monoisotopic (exact) mass is 318 g/mol. The van der Waals surface area contributed by atoms with Gasteiger partial charge in [-0.05, 0) is 24.3 Å². The lowest BCUT2D eigenvalue weighted by Gasteiger charge is -2.28. The number of aryl methyl sites for hydroxylation is 1. The Balaban J connectivity index is 3.01. The molecule has 0 saturated heterocycles. The molecule has 0 aliphatic rings. The lowest BCUT2D eigenvalue weighted by Crippen LogP contribution is -2.47. The highest BCUT2D eigenvalue weighted by Crippen LogP contribution is 2.30. The minimum atomic E-state index is -4.54. The van der Waals surface area contributed by atoms with E-state index in [-0.39, 0.29) is 12.0 Å². The van der Waals surface area contributed by atoms with E-state index in [0.29, 0.717) is 12.1 Å². The molecule has 1 rings (SSSR count).